The summed E-state index contributed by atoms with van der Waals surface area (Å²) in [6.07, 6.45) is -0.689. The molecule has 0 radical (unpaired) electrons. The number of hydrogen-bond donors (Lipinski definition) is 3. The minimum Gasteiger partial charge on any atom is -0.478 e. The van der Waals surface area contributed by atoms with Gasteiger partial charge in [-0.15, -0.1) is 0 Å². The second kappa shape index (κ2) is 9.97. The van der Waals surface area contributed by atoms with Crippen LogP contribution in [0.2, 0.25) is 5.02 Å². The lowest BCUT2D eigenvalue weighted by molar-refractivity contribution is -0.116. The van der Waals surface area contributed by atoms with Crippen molar-refractivity contribution in [1.29, 1.82) is 0 Å². The normalized spacial score (nSPS) is 12.9. The second-order valence-electron chi connectivity index (χ2n) is 8.12. The molecule has 34 heavy (non-hydrogen) atoms. The van der Waals surface area contributed by atoms with Crippen LogP contribution in [0.25, 0.3) is 11.1 Å². The predicted molar refractivity (Wildman–Crippen MR) is 129 cm³/mol. The maximum absolute atomic E-state index is 12.4. The highest BCUT2D eigenvalue weighted by Gasteiger charge is 2.29. The van der Waals surface area contributed by atoms with Gasteiger partial charge in [0, 0.05) is 23.4 Å². The van der Waals surface area contributed by atoms with E-state index in [1.165, 1.54) is 18.2 Å². The van der Waals surface area contributed by atoms with Crippen molar-refractivity contribution in [2.24, 2.45) is 0 Å². The number of carboxylic acid groups (broad SMARTS) is 1. The van der Waals surface area contributed by atoms with Gasteiger partial charge in [-0.3, -0.25) is 4.79 Å². The number of amides is 2. The molecule has 4 rings (SSSR count). The van der Waals surface area contributed by atoms with E-state index in [1.54, 1.807) is 6.92 Å². The summed E-state index contributed by atoms with van der Waals surface area (Å²) in [4.78, 5) is 36.1. The van der Waals surface area contributed by atoms with Crippen LogP contribution in [-0.2, 0) is 9.53 Å². The van der Waals surface area contributed by atoms with Gasteiger partial charge in [0.2, 0.25) is 5.91 Å². The van der Waals surface area contributed by atoms with Gasteiger partial charge in [0.15, 0.2) is 0 Å². The lowest BCUT2D eigenvalue weighted by atomic mass is 9.98. The van der Waals surface area contributed by atoms with Gasteiger partial charge < -0.3 is 20.5 Å². The average molecular weight is 479 g/mol. The second-order valence-corrected chi connectivity index (χ2v) is 8.55. The van der Waals surface area contributed by atoms with Gasteiger partial charge in [-0.1, -0.05) is 60.1 Å². The lowest BCUT2D eigenvalue weighted by Crippen LogP contribution is -2.36. The molecule has 7 nitrogen and oxygen atoms in total. The summed E-state index contributed by atoms with van der Waals surface area (Å²) in [5, 5.41) is 14.7. The molecule has 0 aromatic heterocycles. The number of ether oxygens (including phenoxy) is 1. The number of fused-ring (bicyclic) bond motifs is 3. The Balaban J connectivity index is 1.32. The van der Waals surface area contributed by atoms with Crippen molar-refractivity contribution in [3.8, 4) is 11.1 Å². The molecular formula is C26H23ClN2O5. The lowest BCUT2D eigenvalue weighted by Gasteiger charge is -2.17. The SMILES string of the molecule is C[C@@H](CC(=O)Nc1ccc(Cl)cc1C(=O)O)NC(=O)OCC1c2ccccc2-c2ccccc21. The van der Waals surface area contributed by atoms with Crippen LogP contribution in [0.1, 0.15) is 40.7 Å². The molecule has 3 N–H and O–H groups in total. The number of hydrogen-bond acceptors (Lipinski definition) is 4. The highest BCUT2D eigenvalue weighted by Crippen LogP contribution is 2.44. The Hall–Kier alpha value is -3.84. The molecule has 8 heteroatoms. The zero-order valence-electron chi connectivity index (χ0n) is 18.4. The molecule has 0 spiro atoms. The van der Waals surface area contributed by atoms with Crippen molar-refractivity contribution in [2.75, 3.05) is 11.9 Å². The summed E-state index contributed by atoms with van der Waals surface area (Å²) in [5.41, 5.74) is 4.52. The Morgan fingerprint density at radius 2 is 1.62 bits per heavy atom. The van der Waals surface area contributed by atoms with Gasteiger partial charge in [0.1, 0.15) is 6.61 Å². The van der Waals surface area contributed by atoms with Gasteiger partial charge in [-0.2, -0.15) is 0 Å². The minimum absolute atomic E-state index is 0.0592. The first-order valence-corrected chi connectivity index (χ1v) is 11.2. The number of carbonyl (C=O) groups excluding carboxylic acids is 2. The first-order valence-electron chi connectivity index (χ1n) is 10.8. The molecular weight excluding hydrogens is 456 g/mol. The zero-order chi connectivity index (χ0) is 24.2. The van der Waals surface area contributed by atoms with Crippen LogP contribution < -0.4 is 10.6 Å². The highest BCUT2D eigenvalue weighted by molar-refractivity contribution is 6.31. The largest absolute Gasteiger partial charge is 0.478 e. The summed E-state index contributed by atoms with van der Waals surface area (Å²) in [7, 11) is 0. The molecule has 174 valence electrons. The van der Waals surface area contributed by atoms with E-state index in [4.69, 9.17) is 16.3 Å². The maximum Gasteiger partial charge on any atom is 0.407 e. The summed E-state index contributed by atoms with van der Waals surface area (Å²) in [6.45, 7) is 1.84. The quantitative estimate of drug-likeness (QED) is 0.427. The van der Waals surface area contributed by atoms with Crippen molar-refractivity contribution in [1.82, 2.24) is 5.32 Å². The van der Waals surface area contributed by atoms with Crippen LogP contribution in [-0.4, -0.2) is 35.7 Å². The monoisotopic (exact) mass is 478 g/mol. The van der Waals surface area contributed by atoms with Crippen LogP contribution in [0.15, 0.2) is 66.7 Å². The van der Waals surface area contributed by atoms with Crippen LogP contribution in [0.3, 0.4) is 0 Å². The Labute approximate surface area is 201 Å². The molecule has 0 aliphatic heterocycles. The molecule has 0 saturated heterocycles. The number of carbonyl (C=O) groups is 3. The maximum atomic E-state index is 12.4. The summed E-state index contributed by atoms with van der Waals surface area (Å²) in [6, 6.07) is 19.8. The minimum atomic E-state index is -1.21. The Morgan fingerprint density at radius 1 is 1.00 bits per heavy atom. The van der Waals surface area contributed by atoms with E-state index in [0.29, 0.717) is 0 Å². The molecule has 0 bridgehead atoms. The third-order valence-electron chi connectivity index (χ3n) is 5.69. The summed E-state index contributed by atoms with van der Waals surface area (Å²) in [5.74, 6) is -1.71. The number of anilines is 1. The molecule has 3 aromatic rings. The summed E-state index contributed by atoms with van der Waals surface area (Å²) < 4.78 is 5.50. The number of halogens is 1. The van der Waals surface area contributed by atoms with Gasteiger partial charge in [0.25, 0.3) is 0 Å². The van der Waals surface area contributed by atoms with Crippen LogP contribution in [0.4, 0.5) is 10.5 Å². The number of benzene rings is 3. The fraction of sp³-hybridized carbons (Fsp3) is 0.192. The number of alkyl carbamates (subject to hydrolysis) is 1. The van der Waals surface area contributed by atoms with Gasteiger partial charge in [-0.25, -0.2) is 9.59 Å². The van der Waals surface area contributed by atoms with E-state index in [-0.39, 0.29) is 35.2 Å². The van der Waals surface area contributed by atoms with Gasteiger partial charge in [-0.05, 0) is 47.4 Å². The van der Waals surface area contributed by atoms with E-state index >= 15 is 0 Å². The van der Waals surface area contributed by atoms with Crippen molar-refractivity contribution >= 4 is 35.3 Å². The number of carboxylic acids is 1. The third-order valence-corrected chi connectivity index (χ3v) is 5.92. The summed E-state index contributed by atoms with van der Waals surface area (Å²) >= 11 is 5.83. The number of rotatable bonds is 7. The molecule has 0 unspecified atom stereocenters. The molecule has 1 atom stereocenters. The third kappa shape index (κ3) is 5.05. The Bertz CT molecular complexity index is 1210. The van der Waals surface area contributed by atoms with Crippen molar-refractivity contribution < 1.29 is 24.2 Å². The molecule has 3 aromatic carbocycles. The van der Waals surface area contributed by atoms with E-state index in [9.17, 15) is 19.5 Å². The molecule has 1 aliphatic rings. The van der Waals surface area contributed by atoms with Crippen molar-refractivity contribution in [3.63, 3.8) is 0 Å². The standard InChI is InChI=1S/C26H23ClN2O5/c1-15(12-24(30)29-23-11-10-16(27)13-21(23)25(31)32)28-26(33)34-14-22-19-8-4-2-6-17(19)18-7-3-5-9-20(18)22/h2-11,13,15,22H,12,14H2,1H3,(H,28,33)(H,29,30)(H,31,32)/t15-/m0/s1. The van der Waals surface area contributed by atoms with Crippen LogP contribution >= 0.6 is 11.6 Å². The molecule has 0 fully saturated rings. The van der Waals surface area contributed by atoms with Crippen molar-refractivity contribution in [2.45, 2.75) is 25.3 Å². The first-order chi connectivity index (χ1) is 16.3. The first kappa shape index (κ1) is 23.3. The molecule has 1 aliphatic carbocycles. The zero-order valence-corrected chi connectivity index (χ0v) is 19.1. The van der Waals surface area contributed by atoms with Crippen LogP contribution in [0.5, 0.6) is 0 Å². The Morgan fingerprint density at radius 3 is 2.24 bits per heavy atom. The molecule has 0 heterocycles. The smallest absolute Gasteiger partial charge is 0.407 e. The van der Waals surface area contributed by atoms with E-state index in [1.807, 2.05) is 36.4 Å². The van der Waals surface area contributed by atoms with E-state index in [0.717, 1.165) is 22.3 Å². The average Bonchev–Trinajstić information content (AvgIpc) is 3.12. The van der Waals surface area contributed by atoms with Crippen molar-refractivity contribution in [3.05, 3.63) is 88.4 Å². The fourth-order valence-corrected chi connectivity index (χ4v) is 4.35. The van der Waals surface area contributed by atoms with E-state index in [2.05, 4.69) is 22.8 Å². The van der Waals surface area contributed by atoms with E-state index < -0.39 is 24.0 Å². The topological polar surface area (TPSA) is 105 Å². The molecule has 0 saturated carbocycles. The number of nitrogens with one attached hydrogen (secondary N) is 2. The predicted octanol–water partition coefficient (Wildman–Crippen LogP) is 5.29. The van der Waals surface area contributed by atoms with Gasteiger partial charge >= 0.3 is 12.1 Å². The highest BCUT2D eigenvalue weighted by atomic mass is 35.5. The van der Waals surface area contributed by atoms with Crippen LogP contribution in [0, 0.1) is 0 Å². The molecule has 2 amide bonds. The van der Waals surface area contributed by atoms with Gasteiger partial charge in [0.05, 0.1) is 11.3 Å². The Kier molecular flexibility index (Phi) is 6.84. The fourth-order valence-electron chi connectivity index (χ4n) is 4.17. The number of aromatic carboxylic acids is 1.